The van der Waals surface area contributed by atoms with Crippen molar-refractivity contribution in [2.75, 3.05) is 18.0 Å². The van der Waals surface area contributed by atoms with Crippen molar-refractivity contribution in [1.29, 1.82) is 0 Å². The first-order valence-corrected chi connectivity index (χ1v) is 7.24. The Morgan fingerprint density at radius 3 is 3.00 bits per heavy atom. The third-order valence-electron chi connectivity index (χ3n) is 3.43. The third-order valence-corrected chi connectivity index (χ3v) is 4.41. The van der Waals surface area contributed by atoms with Gasteiger partial charge in [0.2, 0.25) is 0 Å². The van der Waals surface area contributed by atoms with Crippen LogP contribution in [0.2, 0.25) is 0 Å². The van der Waals surface area contributed by atoms with Crippen molar-refractivity contribution in [3.63, 3.8) is 0 Å². The number of aromatic nitrogens is 1. The first kappa shape index (κ1) is 12.6. The molecule has 0 amide bonds. The van der Waals surface area contributed by atoms with Crippen LogP contribution < -0.4 is 10.2 Å². The second kappa shape index (κ2) is 5.31. The number of benzene rings is 1. The zero-order valence-electron chi connectivity index (χ0n) is 10.9. The maximum absolute atomic E-state index is 4.55. The molecule has 0 spiro atoms. The molecule has 1 aliphatic heterocycles. The molecular weight excluding hydrogens is 302 g/mol. The summed E-state index contributed by atoms with van der Waals surface area (Å²) in [4.78, 5) is 6.84. The lowest BCUT2D eigenvalue weighted by molar-refractivity contribution is 0.710. The summed E-state index contributed by atoms with van der Waals surface area (Å²) in [6, 6.07) is 10.5. The molecular formula is C15H16BrN3. The molecule has 0 atom stereocenters. The molecule has 98 valence electrons. The monoisotopic (exact) mass is 317 g/mol. The molecule has 0 saturated heterocycles. The number of aryl methyl sites for hydroxylation is 1. The van der Waals surface area contributed by atoms with E-state index in [2.05, 4.69) is 62.3 Å². The maximum atomic E-state index is 4.55. The van der Waals surface area contributed by atoms with Gasteiger partial charge in [-0.2, -0.15) is 0 Å². The summed E-state index contributed by atoms with van der Waals surface area (Å²) in [7, 11) is 0. The Bertz CT molecular complexity index is 598. The summed E-state index contributed by atoms with van der Waals surface area (Å²) in [5.41, 5.74) is 3.76. The van der Waals surface area contributed by atoms with Crippen LogP contribution in [0.1, 0.15) is 11.1 Å². The van der Waals surface area contributed by atoms with Crippen molar-refractivity contribution >= 4 is 27.4 Å². The molecule has 19 heavy (non-hydrogen) atoms. The SMILES string of the molecule is Cc1ccnc(N2CCNCc3ccccc32)c1Br. The highest BCUT2D eigenvalue weighted by Crippen LogP contribution is 2.34. The summed E-state index contributed by atoms with van der Waals surface area (Å²) in [5.74, 6) is 0.996. The van der Waals surface area contributed by atoms with Crippen LogP contribution in [0.15, 0.2) is 41.0 Å². The van der Waals surface area contributed by atoms with Gasteiger partial charge in [-0.15, -0.1) is 0 Å². The van der Waals surface area contributed by atoms with Gasteiger partial charge in [-0.3, -0.25) is 0 Å². The molecule has 1 aromatic carbocycles. The number of nitrogens with zero attached hydrogens (tertiary/aromatic N) is 2. The van der Waals surface area contributed by atoms with E-state index in [4.69, 9.17) is 0 Å². The maximum Gasteiger partial charge on any atom is 0.147 e. The first-order chi connectivity index (χ1) is 9.27. The van der Waals surface area contributed by atoms with E-state index < -0.39 is 0 Å². The first-order valence-electron chi connectivity index (χ1n) is 6.44. The number of fused-ring (bicyclic) bond motifs is 1. The fourth-order valence-electron chi connectivity index (χ4n) is 2.39. The highest BCUT2D eigenvalue weighted by molar-refractivity contribution is 9.10. The fraction of sp³-hybridized carbons (Fsp3) is 0.267. The van der Waals surface area contributed by atoms with Gasteiger partial charge in [0.15, 0.2) is 0 Å². The zero-order chi connectivity index (χ0) is 13.2. The van der Waals surface area contributed by atoms with Gasteiger partial charge in [0.05, 0.1) is 4.47 Å². The number of nitrogens with one attached hydrogen (secondary N) is 1. The number of halogens is 1. The van der Waals surface area contributed by atoms with E-state index >= 15 is 0 Å². The van der Waals surface area contributed by atoms with Crippen molar-refractivity contribution in [3.05, 3.63) is 52.1 Å². The van der Waals surface area contributed by atoms with Gasteiger partial charge in [-0.05, 0) is 46.1 Å². The molecule has 0 unspecified atom stereocenters. The van der Waals surface area contributed by atoms with Crippen LogP contribution in [0.5, 0.6) is 0 Å². The van der Waals surface area contributed by atoms with Gasteiger partial charge in [0.25, 0.3) is 0 Å². The number of hydrogen-bond acceptors (Lipinski definition) is 3. The van der Waals surface area contributed by atoms with Crippen LogP contribution in [-0.2, 0) is 6.54 Å². The van der Waals surface area contributed by atoms with Gasteiger partial charge >= 0.3 is 0 Å². The minimum absolute atomic E-state index is 0.913. The lowest BCUT2D eigenvalue weighted by Gasteiger charge is -2.25. The highest BCUT2D eigenvalue weighted by atomic mass is 79.9. The molecule has 0 saturated carbocycles. The fourth-order valence-corrected chi connectivity index (χ4v) is 2.84. The summed E-state index contributed by atoms with van der Waals surface area (Å²) >= 11 is 3.67. The Morgan fingerprint density at radius 1 is 1.26 bits per heavy atom. The standard InChI is InChI=1S/C15H16BrN3/c1-11-6-7-18-15(14(11)16)19-9-8-17-10-12-4-2-3-5-13(12)19/h2-7,17H,8-10H2,1H3. The highest BCUT2D eigenvalue weighted by Gasteiger charge is 2.19. The number of para-hydroxylation sites is 1. The normalized spacial score (nSPS) is 14.9. The van der Waals surface area contributed by atoms with E-state index in [9.17, 15) is 0 Å². The molecule has 3 nitrogen and oxygen atoms in total. The predicted molar refractivity (Wildman–Crippen MR) is 81.8 cm³/mol. The van der Waals surface area contributed by atoms with Crippen LogP contribution in [0.4, 0.5) is 11.5 Å². The van der Waals surface area contributed by atoms with E-state index in [1.807, 2.05) is 12.3 Å². The minimum Gasteiger partial charge on any atom is -0.324 e. The molecule has 3 rings (SSSR count). The Hall–Kier alpha value is -1.39. The number of hydrogen-bond donors (Lipinski definition) is 1. The summed E-state index contributed by atoms with van der Waals surface area (Å²) in [6.07, 6.45) is 1.87. The second-order valence-corrected chi connectivity index (χ2v) is 5.52. The van der Waals surface area contributed by atoms with Crippen molar-refractivity contribution in [1.82, 2.24) is 10.3 Å². The quantitative estimate of drug-likeness (QED) is 0.873. The van der Waals surface area contributed by atoms with Gasteiger partial charge in [-0.1, -0.05) is 18.2 Å². The molecule has 0 aliphatic carbocycles. The second-order valence-electron chi connectivity index (χ2n) is 4.72. The molecule has 4 heteroatoms. The van der Waals surface area contributed by atoms with Crippen LogP contribution in [0, 0.1) is 6.92 Å². The Morgan fingerprint density at radius 2 is 2.11 bits per heavy atom. The lowest BCUT2D eigenvalue weighted by atomic mass is 10.1. The molecule has 1 aliphatic rings. The lowest BCUT2D eigenvalue weighted by Crippen LogP contribution is -2.25. The molecule has 0 fully saturated rings. The largest absolute Gasteiger partial charge is 0.324 e. The smallest absolute Gasteiger partial charge is 0.147 e. The van der Waals surface area contributed by atoms with Crippen molar-refractivity contribution in [2.24, 2.45) is 0 Å². The van der Waals surface area contributed by atoms with E-state index in [1.54, 1.807) is 0 Å². The Kier molecular flexibility index (Phi) is 3.53. The van der Waals surface area contributed by atoms with Gasteiger partial charge in [-0.25, -0.2) is 4.98 Å². The molecule has 0 bridgehead atoms. The van der Waals surface area contributed by atoms with Gasteiger partial charge in [0, 0.05) is 31.5 Å². The molecule has 2 heterocycles. The van der Waals surface area contributed by atoms with E-state index in [0.29, 0.717) is 0 Å². The molecule has 1 N–H and O–H groups in total. The van der Waals surface area contributed by atoms with Crippen LogP contribution in [0.3, 0.4) is 0 Å². The average Bonchev–Trinajstić information content (AvgIpc) is 2.64. The van der Waals surface area contributed by atoms with Crippen molar-refractivity contribution in [3.8, 4) is 0 Å². The van der Waals surface area contributed by atoms with E-state index in [0.717, 1.165) is 29.9 Å². The molecule has 2 aromatic rings. The average molecular weight is 318 g/mol. The van der Waals surface area contributed by atoms with E-state index in [1.165, 1.54) is 16.8 Å². The van der Waals surface area contributed by atoms with Crippen molar-refractivity contribution in [2.45, 2.75) is 13.5 Å². The summed E-state index contributed by atoms with van der Waals surface area (Å²) in [6.45, 7) is 4.89. The predicted octanol–water partition coefficient (Wildman–Crippen LogP) is 3.39. The Balaban J connectivity index is 2.12. The van der Waals surface area contributed by atoms with Crippen LogP contribution in [-0.4, -0.2) is 18.1 Å². The minimum atomic E-state index is 0.913. The molecule has 1 aromatic heterocycles. The number of pyridine rings is 1. The van der Waals surface area contributed by atoms with Crippen LogP contribution in [0.25, 0.3) is 0 Å². The summed E-state index contributed by atoms with van der Waals surface area (Å²) in [5, 5.41) is 3.45. The van der Waals surface area contributed by atoms with Crippen LogP contribution >= 0.6 is 15.9 Å². The number of anilines is 2. The number of rotatable bonds is 1. The molecule has 0 radical (unpaired) electrons. The van der Waals surface area contributed by atoms with E-state index in [-0.39, 0.29) is 0 Å². The zero-order valence-corrected chi connectivity index (χ0v) is 12.4. The topological polar surface area (TPSA) is 28.2 Å². The van der Waals surface area contributed by atoms with Crippen molar-refractivity contribution < 1.29 is 0 Å². The van der Waals surface area contributed by atoms with Gasteiger partial charge < -0.3 is 10.2 Å². The third kappa shape index (κ3) is 2.38. The summed E-state index contributed by atoms with van der Waals surface area (Å²) < 4.78 is 1.08. The van der Waals surface area contributed by atoms with Gasteiger partial charge in [0.1, 0.15) is 5.82 Å². The Labute approximate surface area is 121 Å².